The van der Waals surface area contributed by atoms with Crippen LogP contribution in [0.5, 0.6) is 0 Å². The number of benzene rings is 1. The lowest BCUT2D eigenvalue weighted by Crippen LogP contribution is -1.85. The van der Waals surface area contributed by atoms with E-state index in [2.05, 4.69) is 0 Å². The van der Waals surface area contributed by atoms with Gasteiger partial charge in [-0.2, -0.15) is 0 Å². The van der Waals surface area contributed by atoms with Crippen LogP contribution in [0.4, 0.5) is 0 Å². The molecule has 0 radical (unpaired) electrons. The molecular formula is C11H12O2. The highest BCUT2D eigenvalue weighted by atomic mass is 16.4. The molecule has 1 atom stereocenters. The molecule has 68 valence electrons. The number of rotatable bonds is 1. The minimum Gasteiger partial charge on any atom is -0.458 e. The first kappa shape index (κ1) is 8.32. The summed E-state index contributed by atoms with van der Waals surface area (Å²) in [5.74, 6) is 0.626. The van der Waals surface area contributed by atoms with E-state index in [0.717, 1.165) is 11.0 Å². The van der Waals surface area contributed by atoms with Crippen LogP contribution in [-0.2, 0) is 0 Å². The van der Waals surface area contributed by atoms with Gasteiger partial charge in [0.25, 0.3) is 0 Å². The zero-order chi connectivity index (χ0) is 9.42. The zero-order valence-corrected chi connectivity index (χ0v) is 7.74. The summed E-state index contributed by atoms with van der Waals surface area (Å²) in [6.07, 6.45) is -0.535. The average molecular weight is 176 g/mol. The highest BCUT2D eigenvalue weighted by molar-refractivity contribution is 5.78. The molecule has 1 unspecified atom stereocenters. The van der Waals surface area contributed by atoms with Crippen molar-refractivity contribution in [3.05, 3.63) is 35.6 Å². The van der Waals surface area contributed by atoms with E-state index in [1.165, 1.54) is 5.56 Å². The molecule has 1 aromatic carbocycles. The van der Waals surface area contributed by atoms with Crippen LogP contribution in [0.2, 0.25) is 0 Å². The predicted octanol–water partition coefficient (Wildman–Crippen LogP) is 2.79. The van der Waals surface area contributed by atoms with Gasteiger partial charge in [-0.15, -0.1) is 0 Å². The molecule has 0 saturated heterocycles. The lowest BCUT2D eigenvalue weighted by Gasteiger charge is -1.95. The first-order chi connectivity index (χ1) is 6.16. The summed E-state index contributed by atoms with van der Waals surface area (Å²) < 4.78 is 5.46. The van der Waals surface area contributed by atoms with Crippen LogP contribution in [0.25, 0.3) is 11.0 Å². The predicted molar refractivity (Wildman–Crippen MR) is 51.6 cm³/mol. The Bertz CT molecular complexity index is 427. The van der Waals surface area contributed by atoms with Crippen molar-refractivity contribution >= 4 is 11.0 Å². The zero-order valence-electron chi connectivity index (χ0n) is 7.74. The van der Waals surface area contributed by atoms with Crippen LogP contribution >= 0.6 is 0 Å². The Labute approximate surface area is 76.8 Å². The summed E-state index contributed by atoms with van der Waals surface area (Å²) in [4.78, 5) is 0. The van der Waals surface area contributed by atoms with E-state index in [1.807, 2.05) is 31.2 Å². The van der Waals surface area contributed by atoms with Gasteiger partial charge in [-0.1, -0.05) is 12.1 Å². The van der Waals surface area contributed by atoms with Gasteiger partial charge in [0, 0.05) is 5.39 Å². The lowest BCUT2D eigenvalue weighted by molar-refractivity contribution is 0.172. The number of aliphatic hydroxyl groups excluding tert-OH is 1. The highest BCUT2D eigenvalue weighted by Crippen LogP contribution is 2.24. The largest absolute Gasteiger partial charge is 0.458 e. The Hall–Kier alpha value is -1.28. The standard InChI is InChI=1S/C11H12O2/c1-7-3-4-9-6-10(8(2)12)13-11(9)5-7/h3-6,8,12H,1-2H3. The van der Waals surface area contributed by atoms with Crippen molar-refractivity contribution in [3.63, 3.8) is 0 Å². The molecule has 2 rings (SSSR count). The SMILES string of the molecule is Cc1ccc2cc(C(C)O)oc2c1. The van der Waals surface area contributed by atoms with Crippen LogP contribution in [0.3, 0.4) is 0 Å². The summed E-state index contributed by atoms with van der Waals surface area (Å²) in [5, 5.41) is 10.3. The van der Waals surface area contributed by atoms with Gasteiger partial charge in [0.2, 0.25) is 0 Å². The van der Waals surface area contributed by atoms with E-state index in [0.29, 0.717) is 5.76 Å². The molecule has 2 nitrogen and oxygen atoms in total. The molecule has 1 heterocycles. The second-order valence-electron chi connectivity index (χ2n) is 3.37. The number of aryl methyl sites for hydroxylation is 1. The maximum absolute atomic E-state index is 9.30. The molecule has 0 spiro atoms. The summed E-state index contributed by atoms with van der Waals surface area (Å²) in [5.41, 5.74) is 2.01. The number of aliphatic hydroxyl groups is 1. The van der Waals surface area contributed by atoms with E-state index in [1.54, 1.807) is 6.92 Å². The normalized spacial score (nSPS) is 13.5. The Morgan fingerprint density at radius 3 is 2.77 bits per heavy atom. The Kier molecular flexibility index (Phi) is 1.85. The maximum atomic E-state index is 9.30. The fourth-order valence-electron chi connectivity index (χ4n) is 1.36. The smallest absolute Gasteiger partial charge is 0.134 e. The third-order valence-electron chi connectivity index (χ3n) is 2.11. The van der Waals surface area contributed by atoms with Crippen molar-refractivity contribution in [1.29, 1.82) is 0 Å². The molecule has 0 fully saturated rings. The van der Waals surface area contributed by atoms with Gasteiger partial charge in [-0.25, -0.2) is 0 Å². The van der Waals surface area contributed by atoms with Gasteiger partial charge in [0.1, 0.15) is 17.4 Å². The molecule has 0 aliphatic heterocycles. The number of hydrogen-bond acceptors (Lipinski definition) is 2. The topological polar surface area (TPSA) is 33.4 Å². The van der Waals surface area contributed by atoms with Gasteiger partial charge in [-0.05, 0) is 31.5 Å². The molecule has 2 aromatic rings. The molecule has 0 bridgehead atoms. The first-order valence-corrected chi connectivity index (χ1v) is 4.35. The van der Waals surface area contributed by atoms with Gasteiger partial charge < -0.3 is 9.52 Å². The van der Waals surface area contributed by atoms with Crippen molar-refractivity contribution in [2.45, 2.75) is 20.0 Å². The number of fused-ring (bicyclic) bond motifs is 1. The molecule has 2 heteroatoms. The fourth-order valence-corrected chi connectivity index (χ4v) is 1.36. The van der Waals surface area contributed by atoms with Crippen LogP contribution < -0.4 is 0 Å². The molecule has 0 aliphatic rings. The van der Waals surface area contributed by atoms with Crippen LogP contribution in [-0.4, -0.2) is 5.11 Å². The summed E-state index contributed by atoms with van der Waals surface area (Å²) >= 11 is 0. The van der Waals surface area contributed by atoms with Crippen molar-refractivity contribution in [1.82, 2.24) is 0 Å². The lowest BCUT2D eigenvalue weighted by atomic mass is 10.2. The van der Waals surface area contributed by atoms with E-state index in [9.17, 15) is 5.11 Å². The minimum absolute atomic E-state index is 0.535. The monoisotopic (exact) mass is 176 g/mol. The fraction of sp³-hybridized carbons (Fsp3) is 0.273. The van der Waals surface area contributed by atoms with Crippen LogP contribution in [0.15, 0.2) is 28.7 Å². The first-order valence-electron chi connectivity index (χ1n) is 4.35. The molecule has 1 aromatic heterocycles. The van der Waals surface area contributed by atoms with E-state index in [4.69, 9.17) is 4.42 Å². The van der Waals surface area contributed by atoms with Crippen LogP contribution in [0.1, 0.15) is 24.4 Å². The van der Waals surface area contributed by atoms with Crippen LogP contribution in [0, 0.1) is 6.92 Å². The molecule has 0 aliphatic carbocycles. The van der Waals surface area contributed by atoms with Crippen molar-refractivity contribution in [3.8, 4) is 0 Å². The van der Waals surface area contributed by atoms with E-state index < -0.39 is 6.10 Å². The average Bonchev–Trinajstić information content (AvgIpc) is 2.46. The minimum atomic E-state index is -0.535. The Balaban J connectivity index is 2.62. The Morgan fingerprint density at radius 1 is 1.31 bits per heavy atom. The quantitative estimate of drug-likeness (QED) is 0.724. The molecule has 13 heavy (non-hydrogen) atoms. The van der Waals surface area contributed by atoms with Crippen molar-refractivity contribution < 1.29 is 9.52 Å². The number of hydrogen-bond donors (Lipinski definition) is 1. The highest BCUT2D eigenvalue weighted by Gasteiger charge is 2.07. The molecular weight excluding hydrogens is 164 g/mol. The van der Waals surface area contributed by atoms with Gasteiger partial charge in [0.15, 0.2) is 0 Å². The molecule has 0 saturated carbocycles. The summed E-state index contributed by atoms with van der Waals surface area (Å²) in [6.45, 7) is 3.72. The molecule has 1 N–H and O–H groups in total. The second-order valence-corrected chi connectivity index (χ2v) is 3.37. The van der Waals surface area contributed by atoms with E-state index >= 15 is 0 Å². The second kappa shape index (κ2) is 2.89. The summed E-state index contributed by atoms with van der Waals surface area (Å²) in [6, 6.07) is 7.88. The van der Waals surface area contributed by atoms with Crippen molar-refractivity contribution in [2.24, 2.45) is 0 Å². The third kappa shape index (κ3) is 1.45. The molecule has 0 amide bonds. The summed E-state index contributed by atoms with van der Waals surface area (Å²) in [7, 11) is 0. The number of furan rings is 1. The van der Waals surface area contributed by atoms with Crippen molar-refractivity contribution in [2.75, 3.05) is 0 Å². The van der Waals surface area contributed by atoms with E-state index in [-0.39, 0.29) is 0 Å². The van der Waals surface area contributed by atoms with Gasteiger partial charge >= 0.3 is 0 Å². The Morgan fingerprint density at radius 2 is 2.08 bits per heavy atom. The maximum Gasteiger partial charge on any atom is 0.134 e. The van der Waals surface area contributed by atoms with Gasteiger partial charge in [0.05, 0.1) is 0 Å². The third-order valence-corrected chi connectivity index (χ3v) is 2.11. The van der Waals surface area contributed by atoms with Gasteiger partial charge in [-0.3, -0.25) is 0 Å².